The lowest BCUT2D eigenvalue weighted by Crippen LogP contribution is -2.05. The minimum atomic E-state index is 0.708. The molecule has 0 N–H and O–H groups in total. The van der Waals surface area contributed by atoms with E-state index in [-0.39, 0.29) is 0 Å². The van der Waals surface area contributed by atoms with E-state index in [1.807, 2.05) is 6.92 Å². The Morgan fingerprint density at radius 2 is 2.50 bits per heavy atom. The molecule has 4 heteroatoms. The van der Waals surface area contributed by atoms with Crippen molar-refractivity contribution < 1.29 is 4.74 Å². The Morgan fingerprint density at radius 3 is 3.10 bits per heavy atom. The van der Waals surface area contributed by atoms with E-state index in [1.54, 1.807) is 11.0 Å². The van der Waals surface area contributed by atoms with Crippen molar-refractivity contribution in [1.29, 1.82) is 0 Å². The topological polar surface area (TPSA) is 39.9 Å². The van der Waals surface area contributed by atoms with Crippen LogP contribution in [-0.4, -0.2) is 28.0 Å². The van der Waals surface area contributed by atoms with Gasteiger partial charge in [0.15, 0.2) is 0 Å². The van der Waals surface area contributed by atoms with Gasteiger partial charge in [-0.25, -0.2) is 4.98 Å². The third-order valence-electron chi connectivity index (χ3n) is 1.14. The van der Waals surface area contributed by atoms with Crippen LogP contribution in [0, 0.1) is 0 Å². The van der Waals surface area contributed by atoms with Crippen molar-refractivity contribution in [3.8, 4) is 0 Å². The Bertz CT molecular complexity index is 162. The standard InChI is InChI=1S/C6H11N3O/c1-2-10-4-3-9-6-7-5-8-9/h5-6H,2-4H2,1H3. The molecule has 0 fully saturated rings. The monoisotopic (exact) mass is 141 g/mol. The second-order valence-corrected chi connectivity index (χ2v) is 1.86. The minimum Gasteiger partial charge on any atom is -0.380 e. The highest BCUT2D eigenvalue weighted by Gasteiger charge is 1.88. The van der Waals surface area contributed by atoms with E-state index in [0.717, 1.165) is 13.2 Å². The predicted molar refractivity (Wildman–Crippen MR) is 36.5 cm³/mol. The highest BCUT2D eigenvalue weighted by Crippen LogP contribution is 1.80. The van der Waals surface area contributed by atoms with Gasteiger partial charge < -0.3 is 4.74 Å². The van der Waals surface area contributed by atoms with Gasteiger partial charge in [0, 0.05) is 6.61 Å². The first-order valence-corrected chi connectivity index (χ1v) is 3.33. The molecule has 0 spiro atoms. The van der Waals surface area contributed by atoms with E-state index in [1.165, 1.54) is 6.33 Å². The van der Waals surface area contributed by atoms with E-state index < -0.39 is 0 Å². The van der Waals surface area contributed by atoms with Gasteiger partial charge in [0.25, 0.3) is 0 Å². The lowest BCUT2D eigenvalue weighted by molar-refractivity contribution is 0.136. The summed E-state index contributed by atoms with van der Waals surface area (Å²) in [5.74, 6) is 0. The molecule has 56 valence electrons. The van der Waals surface area contributed by atoms with E-state index in [9.17, 15) is 0 Å². The fraction of sp³-hybridized carbons (Fsp3) is 0.667. The van der Waals surface area contributed by atoms with Gasteiger partial charge in [-0.05, 0) is 6.92 Å². The van der Waals surface area contributed by atoms with Crippen LogP contribution in [0.25, 0.3) is 0 Å². The number of hydrogen-bond acceptors (Lipinski definition) is 3. The maximum Gasteiger partial charge on any atom is 0.137 e. The molecular weight excluding hydrogens is 130 g/mol. The van der Waals surface area contributed by atoms with Gasteiger partial charge in [-0.1, -0.05) is 0 Å². The zero-order valence-electron chi connectivity index (χ0n) is 6.03. The van der Waals surface area contributed by atoms with Crippen LogP contribution in [0.3, 0.4) is 0 Å². The largest absolute Gasteiger partial charge is 0.380 e. The predicted octanol–water partition coefficient (Wildman–Crippen LogP) is 0.315. The van der Waals surface area contributed by atoms with Gasteiger partial charge in [-0.3, -0.25) is 4.68 Å². The molecule has 4 nitrogen and oxygen atoms in total. The van der Waals surface area contributed by atoms with Crippen LogP contribution < -0.4 is 0 Å². The van der Waals surface area contributed by atoms with Crippen LogP contribution >= 0.6 is 0 Å². The lowest BCUT2D eigenvalue weighted by Gasteiger charge is -1.98. The fourth-order valence-electron chi connectivity index (χ4n) is 0.651. The first-order chi connectivity index (χ1) is 4.93. The zero-order chi connectivity index (χ0) is 7.23. The molecule has 10 heavy (non-hydrogen) atoms. The second kappa shape index (κ2) is 4.00. The summed E-state index contributed by atoms with van der Waals surface area (Å²) < 4.78 is 6.86. The first kappa shape index (κ1) is 7.21. The van der Waals surface area contributed by atoms with Crippen molar-refractivity contribution in [1.82, 2.24) is 14.8 Å². The zero-order valence-corrected chi connectivity index (χ0v) is 6.03. The van der Waals surface area contributed by atoms with Crippen LogP contribution in [0.4, 0.5) is 0 Å². The maximum absolute atomic E-state index is 5.12. The van der Waals surface area contributed by atoms with Crippen molar-refractivity contribution in [2.24, 2.45) is 0 Å². The van der Waals surface area contributed by atoms with E-state index in [2.05, 4.69) is 10.1 Å². The lowest BCUT2D eigenvalue weighted by atomic mass is 10.7. The quantitative estimate of drug-likeness (QED) is 0.567. The van der Waals surface area contributed by atoms with Crippen molar-refractivity contribution >= 4 is 0 Å². The average Bonchev–Trinajstić information content (AvgIpc) is 2.41. The molecule has 1 aromatic rings. The molecule has 0 bridgehead atoms. The molecule has 0 aliphatic heterocycles. The Labute approximate surface area is 59.8 Å². The van der Waals surface area contributed by atoms with Crippen LogP contribution in [0.1, 0.15) is 6.92 Å². The number of nitrogens with zero attached hydrogens (tertiary/aromatic N) is 3. The molecule has 0 aliphatic rings. The summed E-state index contributed by atoms with van der Waals surface area (Å²) in [7, 11) is 0. The molecule has 0 aliphatic carbocycles. The molecule has 0 unspecified atom stereocenters. The maximum atomic E-state index is 5.12. The smallest absolute Gasteiger partial charge is 0.137 e. The summed E-state index contributed by atoms with van der Waals surface area (Å²) >= 11 is 0. The normalized spacial score (nSPS) is 10.1. The second-order valence-electron chi connectivity index (χ2n) is 1.86. The highest BCUT2D eigenvalue weighted by molar-refractivity contribution is 4.54. The molecule has 0 amide bonds. The number of hydrogen-bond donors (Lipinski definition) is 0. The van der Waals surface area contributed by atoms with Crippen molar-refractivity contribution in [3.63, 3.8) is 0 Å². The Morgan fingerprint density at radius 1 is 1.60 bits per heavy atom. The van der Waals surface area contributed by atoms with Crippen LogP contribution in [0.2, 0.25) is 0 Å². The molecule has 0 aromatic carbocycles. The summed E-state index contributed by atoms with van der Waals surface area (Å²) in [6, 6.07) is 0. The molecule has 0 atom stereocenters. The number of rotatable bonds is 4. The van der Waals surface area contributed by atoms with Crippen molar-refractivity contribution in [3.05, 3.63) is 12.7 Å². The first-order valence-electron chi connectivity index (χ1n) is 3.33. The average molecular weight is 141 g/mol. The van der Waals surface area contributed by atoms with Crippen molar-refractivity contribution in [2.45, 2.75) is 13.5 Å². The summed E-state index contributed by atoms with van der Waals surface area (Å²) in [6.45, 7) is 4.23. The third kappa shape index (κ3) is 2.14. The van der Waals surface area contributed by atoms with E-state index in [0.29, 0.717) is 6.61 Å². The molecule has 0 saturated heterocycles. The molecule has 0 radical (unpaired) electrons. The summed E-state index contributed by atoms with van der Waals surface area (Å²) in [5.41, 5.74) is 0. The molecule has 1 heterocycles. The van der Waals surface area contributed by atoms with E-state index in [4.69, 9.17) is 4.74 Å². The van der Waals surface area contributed by atoms with Gasteiger partial charge >= 0.3 is 0 Å². The molecule has 1 aromatic heterocycles. The van der Waals surface area contributed by atoms with Gasteiger partial charge in [0.05, 0.1) is 13.2 Å². The van der Waals surface area contributed by atoms with Gasteiger partial charge in [-0.15, -0.1) is 0 Å². The molecule has 0 saturated carbocycles. The number of aromatic nitrogens is 3. The Kier molecular flexibility index (Phi) is 2.89. The summed E-state index contributed by atoms with van der Waals surface area (Å²) in [5, 5.41) is 3.91. The Hall–Kier alpha value is -0.900. The number of ether oxygens (including phenoxy) is 1. The van der Waals surface area contributed by atoms with Crippen LogP contribution in [-0.2, 0) is 11.3 Å². The van der Waals surface area contributed by atoms with Crippen LogP contribution in [0.15, 0.2) is 12.7 Å². The molecule has 1 rings (SSSR count). The van der Waals surface area contributed by atoms with Gasteiger partial charge in [0.1, 0.15) is 12.7 Å². The fourth-order valence-corrected chi connectivity index (χ4v) is 0.651. The van der Waals surface area contributed by atoms with Crippen molar-refractivity contribution in [2.75, 3.05) is 13.2 Å². The summed E-state index contributed by atoms with van der Waals surface area (Å²) in [6.07, 6.45) is 3.20. The highest BCUT2D eigenvalue weighted by atomic mass is 16.5. The van der Waals surface area contributed by atoms with Gasteiger partial charge in [-0.2, -0.15) is 5.10 Å². The van der Waals surface area contributed by atoms with Crippen LogP contribution in [0.5, 0.6) is 0 Å². The molecular formula is C6H11N3O. The third-order valence-corrected chi connectivity index (χ3v) is 1.14. The SMILES string of the molecule is CCOCCn1cncn1. The van der Waals surface area contributed by atoms with Gasteiger partial charge in [0.2, 0.25) is 0 Å². The Balaban J connectivity index is 2.15. The van der Waals surface area contributed by atoms with E-state index >= 15 is 0 Å². The summed E-state index contributed by atoms with van der Waals surface area (Å²) in [4.78, 5) is 3.80. The minimum absolute atomic E-state index is 0.708.